The van der Waals surface area contributed by atoms with E-state index < -0.39 is 6.09 Å². The van der Waals surface area contributed by atoms with Crippen molar-refractivity contribution >= 4 is 6.09 Å². The molecule has 0 fully saturated rings. The Bertz CT molecular complexity index is 623. The van der Waals surface area contributed by atoms with Crippen molar-refractivity contribution in [2.75, 3.05) is 7.11 Å². The summed E-state index contributed by atoms with van der Waals surface area (Å²) in [5.74, 6) is 0.771. The minimum atomic E-state index is -0.457. The Kier molecular flexibility index (Phi) is 6.24. The Hall–Kier alpha value is -2.75. The number of rotatable bonds is 7. The molecule has 1 N–H and O–H groups in total. The molecule has 0 saturated heterocycles. The van der Waals surface area contributed by atoms with Crippen LogP contribution >= 0.6 is 0 Å². The normalized spacial score (nSPS) is 11.3. The van der Waals surface area contributed by atoms with E-state index in [0.717, 1.165) is 16.9 Å². The van der Waals surface area contributed by atoms with E-state index in [4.69, 9.17) is 9.47 Å². The number of methoxy groups -OCH3 is 1. The van der Waals surface area contributed by atoms with Crippen LogP contribution in [0, 0.1) is 0 Å². The number of benzene rings is 2. The molecule has 1 amide bonds. The van der Waals surface area contributed by atoms with Crippen LogP contribution in [0.1, 0.15) is 11.1 Å². The van der Waals surface area contributed by atoms with Crippen LogP contribution in [-0.4, -0.2) is 19.2 Å². The predicted molar refractivity (Wildman–Crippen MR) is 90.4 cm³/mol. The maximum Gasteiger partial charge on any atom is 0.407 e. The van der Waals surface area contributed by atoms with E-state index in [0.29, 0.717) is 6.42 Å². The Morgan fingerprint density at radius 1 is 1.13 bits per heavy atom. The minimum absolute atomic E-state index is 0.166. The molecular formula is C19H21NO3. The highest BCUT2D eigenvalue weighted by Gasteiger charge is 2.10. The van der Waals surface area contributed by atoms with Crippen molar-refractivity contribution in [2.45, 2.75) is 19.1 Å². The average Bonchev–Trinajstić information content (AvgIpc) is 2.60. The lowest BCUT2D eigenvalue weighted by Gasteiger charge is -2.15. The van der Waals surface area contributed by atoms with Gasteiger partial charge in [-0.1, -0.05) is 48.5 Å². The topological polar surface area (TPSA) is 47.6 Å². The van der Waals surface area contributed by atoms with Crippen molar-refractivity contribution in [1.82, 2.24) is 5.32 Å². The number of hydrogen-bond donors (Lipinski definition) is 1. The van der Waals surface area contributed by atoms with E-state index in [9.17, 15) is 4.79 Å². The summed E-state index contributed by atoms with van der Waals surface area (Å²) in [5.41, 5.74) is 2.03. The SMILES string of the molecule is C=CC(Cc1ccccc1)NC(=O)OCc1ccc(OC)cc1. The fourth-order valence-corrected chi connectivity index (χ4v) is 2.13. The van der Waals surface area contributed by atoms with Crippen molar-refractivity contribution < 1.29 is 14.3 Å². The van der Waals surface area contributed by atoms with Gasteiger partial charge in [-0.15, -0.1) is 6.58 Å². The molecule has 23 heavy (non-hydrogen) atoms. The highest BCUT2D eigenvalue weighted by molar-refractivity contribution is 5.68. The molecule has 0 bridgehead atoms. The maximum atomic E-state index is 11.9. The summed E-state index contributed by atoms with van der Waals surface area (Å²) >= 11 is 0. The first-order valence-corrected chi connectivity index (χ1v) is 7.44. The van der Waals surface area contributed by atoms with E-state index in [1.54, 1.807) is 13.2 Å². The van der Waals surface area contributed by atoms with E-state index in [2.05, 4.69) is 11.9 Å². The highest BCUT2D eigenvalue weighted by Crippen LogP contribution is 2.12. The zero-order chi connectivity index (χ0) is 16.5. The Morgan fingerprint density at radius 2 is 1.83 bits per heavy atom. The fraction of sp³-hybridized carbons (Fsp3) is 0.211. The number of carbonyl (C=O) groups excluding carboxylic acids is 1. The standard InChI is InChI=1S/C19H21NO3/c1-3-17(13-15-7-5-4-6-8-15)20-19(21)23-14-16-9-11-18(22-2)12-10-16/h3-12,17H,1,13-14H2,2H3,(H,20,21). The van der Waals surface area contributed by atoms with Crippen molar-refractivity contribution in [1.29, 1.82) is 0 Å². The van der Waals surface area contributed by atoms with Crippen LogP contribution < -0.4 is 10.1 Å². The van der Waals surface area contributed by atoms with Gasteiger partial charge in [0.05, 0.1) is 13.2 Å². The molecule has 2 rings (SSSR count). The molecule has 1 unspecified atom stereocenters. The number of carbonyl (C=O) groups is 1. The van der Waals surface area contributed by atoms with Crippen LogP contribution in [0.5, 0.6) is 5.75 Å². The molecule has 2 aromatic carbocycles. The summed E-state index contributed by atoms with van der Waals surface area (Å²) in [5, 5.41) is 2.80. The number of ether oxygens (including phenoxy) is 2. The van der Waals surface area contributed by atoms with Gasteiger partial charge in [-0.25, -0.2) is 4.79 Å². The van der Waals surface area contributed by atoms with Crippen LogP contribution in [0.4, 0.5) is 4.79 Å². The second-order valence-electron chi connectivity index (χ2n) is 5.10. The third-order valence-electron chi connectivity index (χ3n) is 3.42. The highest BCUT2D eigenvalue weighted by atomic mass is 16.5. The lowest BCUT2D eigenvalue weighted by Crippen LogP contribution is -2.35. The molecule has 0 aliphatic rings. The summed E-state index contributed by atoms with van der Waals surface area (Å²) < 4.78 is 10.3. The summed E-state index contributed by atoms with van der Waals surface area (Å²) in [7, 11) is 1.61. The van der Waals surface area contributed by atoms with E-state index in [1.165, 1.54) is 0 Å². The smallest absolute Gasteiger partial charge is 0.407 e. The first kappa shape index (κ1) is 16.6. The molecule has 120 valence electrons. The lowest BCUT2D eigenvalue weighted by atomic mass is 10.1. The monoisotopic (exact) mass is 311 g/mol. The number of nitrogens with one attached hydrogen (secondary N) is 1. The number of alkyl carbamates (subject to hydrolysis) is 1. The molecule has 0 heterocycles. The van der Waals surface area contributed by atoms with Gasteiger partial charge in [-0.05, 0) is 29.7 Å². The summed E-state index contributed by atoms with van der Waals surface area (Å²) in [6.07, 6.45) is 1.94. The molecular weight excluding hydrogens is 290 g/mol. The van der Waals surface area contributed by atoms with Crippen molar-refractivity contribution in [2.24, 2.45) is 0 Å². The largest absolute Gasteiger partial charge is 0.497 e. The number of amides is 1. The van der Waals surface area contributed by atoms with Crippen LogP contribution in [-0.2, 0) is 17.8 Å². The summed E-state index contributed by atoms with van der Waals surface area (Å²) in [4.78, 5) is 11.9. The zero-order valence-corrected chi connectivity index (χ0v) is 13.2. The van der Waals surface area contributed by atoms with Crippen molar-refractivity contribution in [3.8, 4) is 5.75 Å². The second kappa shape index (κ2) is 8.63. The fourth-order valence-electron chi connectivity index (χ4n) is 2.13. The van der Waals surface area contributed by atoms with Gasteiger partial charge in [-0.3, -0.25) is 0 Å². The van der Waals surface area contributed by atoms with Crippen molar-refractivity contribution in [3.05, 3.63) is 78.4 Å². The van der Waals surface area contributed by atoms with E-state index >= 15 is 0 Å². The molecule has 0 radical (unpaired) electrons. The number of hydrogen-bond acceptors (Lipinski definition) is 3. The Morgan fingerprint density at radius 3 is 2.43 bits per heavy atom. The third kappa shape index (κ3) is 5.51. The first-order valence-electron chi connectivity index (χ1n) is 7.44. The Balaban J connectivity index is 1.81. The third-order valence-corrected chi connectivity index (χ3v) is 3.42. The van der Waals surface area contributed by atoms with Gasteiger partial charge in [0.1, 0.15) is 12.4 Å². The van der Waals surface area contributed by atoms with Crippen LogP contribution in [0.3, 0.4) is 0 Å². The molecule has 0 saturated carbocycles. The van der Waals surface area contributed by atoms with Gasteiger partial charge in [0.25, 0.3) is 0 Å². The molecule has 4 nitrogen and oxygen atoms in total. The molecule has 0 aromatic heterocycles. The van der Waals surface area contributed by atoms with Gasteiger partial charge >= 0.3 is 6.09 Å². The van der Waals surface area contributed by atoms with Gasteiger partial charge in [-0.2, -0.15) is 0 Å². The van der Waals surface area contributed by atoms with Gasteiger partial charge in [0.2, 0.25) is 0 Å². The molecule has 4 heteroatoms. The first-order chi connectivity index (χ1) is 11.2. The second-order valence-corrected chi connectivity index (χ2v) is 5.10. The zero-order valence-electron chi connectivity index (χ0n) is 13.2. The van der Waals surface area contributed by atoms with Gasteiger partial charge < -0.3 is 14.8 Å². The van der Waals surface area contributed by atoms with Crippen LogP contribution in [0.2, 0.25) is 0 Å². The Labute approximate surface area is 136 Å². The van der Waals surface area contributed by atoms with E-state index in [-0.39, 0.29) is 12.6 Å². The molecule has 0 spiro atoms. The summed E-state index contributed by atoms with van der Waals surface area (Å²) in [6, 6.07) is 17.2. The quantitative estimate of drug-likeness (QED) is 0.793. The predicted octanol–water partition coefficient (Wildman–Crippen LogP) is 3.72. The molecule has 0 aliphatic heterocycles. The molecule has 0 aliphatic carbocycles. The molecule has 1 atom stereocenters. The minimum Gasteiger partial charge on any atom is -0.497 e. The van der Waals surface area contributed by atoms with Crippen LogP contribution in [0.15, 0.2) is 67.3 Å². The lowest BCUT2D eigenvalue weighted by molar-refractivity contribution is 0.137. The summed E-state index contributed by atoms with van der Waals surface area (Å²) in [6.45, 7) is 3.98. The van der Waals surface area contributed by atoms with Gasteiger partial charge in [0.15, 0.2) is 0 Å². The maximum absolute atomic E-state index is 11.9. The molecule has 2 aromatic rings. The van der Waals surface area contributed by atoms with Crippen LogP contribution in [0.25, 0.3) is 0 Å². The van der Waals surface area contributed by atoms with Crippen molar-refractivity contribution in [3.63, 3.8) is 0 Å². The average molecular weight is 311 g/mol. The van der Waals surface area contributed by atoms with Gasteiger partial charge in [0, 0.05) is 0 Å². The van der Waals surface area contributed by atoms with E-state index in [1.807, 2.05) is 54.6 Å².